The zero-order valence-corrected chi connectivity index (χ0v) is 10.2. The molecule has 16 heavy (non-hydrogen) atoms. The van der Waals surface area contributed by atoms with Gasteiger partial charge in [-0.25, -0.2) is 4.39 Å². The van der Waals surface area contributed by atoms with Crippen molar-refractivity contribution in [2.45, 2.75) is 31.6 Å². The predicted octanol–water partition coefficient (Wildman–Crippen LogP) is 3.51. The molecule has 86 valence electrons. The molecule has 0 radical (unpaired) electrons. The molecule has 2 unspecified atom stereocenters. The van der Waals surface area contributed by atoms with E-state index in [1.54, 1.807) is 23.9 Å². The molecule has 0 aliphatic carbocycles. The molecule has 0 bridgehead atoms. The molecular weight excluding hydrogens is 223 g/mol. The maximum Gasteiger partial charge on any atom is 0.161 e. The van der Waals surface area contributed by atoms with Crippen molar-refractivity contribution in [2.75, 3.05) is 5.32 Å². The van der Waals surface area contributed by atoms with E-state index >= 15 is 0 Å². The molecule has 0 amide bonds. The van der Waals surface area contributed by atoms with Crippen LogP contribution in [0.1, 0.15) is 20.3 Å². The third-order valence-corrected chi connectivity index (χ3v) is 3.44. The second-order valence-electron chi connectivity index (χ2n) is 4.08. The molecule has 1 aromatic rings. The van der Waals surface area contributed by atoms with Crippen molar-refractivity contribution in [3.63, 3.8) is 0 Å². The number of nitrogens with zero attached hydrogens (tertiary/aromatic N) is 1. The van der Waals surface area contributed by atoms with E-state index in [2.05, 4.69) is 24.2 Å². The van der Waals surface area contributed by atoms with E-state index in [-0.39, 0.29) is 5.82 Å². The first-order chi connectivity index (χ1) is 7.63. The van der Waals surface area contributed by atoms with Crippen molar-refractivity contribution >= 4 is 22.6 Å². The van der Waals surface area contributed by atoms with Gasteiger partial charge < -0.3 is 5.32 Å². The summed E-state index contributed by atoms with van der Waals surface area (Å²) in [5.41, 5.74) is 0.883. The fourth-order valence-electron chi connectivity index (χ4n) is 1.72. The molecule has 4 heteroatoms. The normalized spacial score (nSPS) is 25.1. The molecule has 0 aromatic heterocycles. The summed E-state index contributed by atoms with van der Waals surface area (Å²) in [7, 11) is 0. The van der Waals surface area contributed by atoms with Gasteiger partial charge in [-0.2, -0.15) is 0 Å². The van der Waals surface area contributed by atoms with Gasteiger partial charge in [0.15, 0.2) is 5.17 Å². The van der Waals surface area contributed by atoms with Gasteiger partial charge in [-0.05, 0) is 37.6 Å². The van der Waals surface area contributed by atoms with E-state index in [9.17, 15) is 4.39 Å². The smallest absolute Gasteiger partial charge is 0.161 e. The topological polar surface area (TPSA) is 24.4 Å². The molecule has 1 aliphatic heterocycles. The number of hydrogen-bond acceptors (Lipinski definition) is 3. The third-order valence-electron chi connectivity index (χ3n) is 2.42. The molecule has 0 fully saturated rings. The first-order valence-corrected chi connectivity index (χ1v) is 6.28. The highest BCUT2D eigenvalue weighted by Crippen LogP contribution is 2.25. The van der Waals surface area contributed by atoms with Gasteiger partial charge >= 0.3 is 0 Å². The van der Waals surface area contributed by atoms with Crippen LogP contribution in [0, 0.1) is 5.82 Å². The van der Waals surface area contributed by atoms with Crippen LogP contribution in [0.25, 0.3) is 0 Å². The molecule has 2 atom stereocenters. The summed E-state index contributed by atoms with van der Waals surface area (Å²) >= 11 is 1.73. The minimum Gasteiger partial charge on any atom is -0.335 e. The Balaban J connectivity index is 2.07. The van der Waals surface area contributed by atoms with Crippen LogP contribution in [0.3, 0.4) is 0 Å². The average Bonchev–Trinajstić information content (AvgIpc) is 2.20. The van der Waals surface area contributed by atoms with Gasteiger partial charge in [0.25, 0.3) is 0 Å². The van der Waals surface area contributed by atoms with Gasteiger partial charge in [0.1, 0.15) is 5.82 Å². The summed E-state index contributed by atoms with van der Waals surface area (Å²) in [5.74, 6) is -0.217. The lowest BCUT2D eigenvalue weighted by atomic mass is 10.2. The minimum atomic E-state index is -0.217. The predicted molar refractivity (Wildman–Crippen MR) is 68.6 cm³/mol. The second-order valence-corrected chi connectivity index (χ2v) is 5.51. The first kappa shape index (κ1) is 11.5. The summed E-state index contributed by atoms with van der Waals surface area (Å²) in [6.07, 6.45) is 1.11. The standard InChI is InChI=1S/C12H15FN2S/c1-8-7-9(2)16-12(14-8)15-11-5-3-10(13)4-6-11/h3-6,8-9H,7H2,1-2H3,(H,14,15). The highest BCUT2D eigenvalue weighted by atomic mass is 32.2. The van der Waals surface area contributed by atoms with Crippen molar-refractivity contribution in [3.8, 4) is 0 Å². The molecule has 2 rings (SSSR count). The fraction of sp³-hybridized carbons (Fsp3) is 0.417. The zero-order chi connectivity index (χ0) is 11.5. The fourth-order valence-corrected chi connectivity index (χ4v) is 2.89. The maximum absolute atomic E-state index is 12.7. The van der Waals surface area contributed by atoms with E-state index in [0.29, 0.717) is 11.3 Å². The number of thioether (sulfide) groups is 1. The van der Waals surface area contributed by atoms with Gasteiger partial charge in [0, 0.05) is 10.9 Å². The Morgan fingerprint density at radius 3 is 2.62 bits per heavy atom. The highest BCUT2D eigenvalue weighted by Gasteiger charge is 2.18. The van der Waals surface area contributed by atoms with E-state index in [1.807, 2.05) is 0 Å². The van der Waals surface area contributed by atoms with E-state index in [4.69, 9.17) is 0 Å². The number of halogens is 1. The van der Waals surface area contributed by atoms with Gasteiger partial charge in [-0.1, -0.05) is 18.7 Å². The summed E-state index contributed by atoms with van der Waals surface area (Å²) in [6.45, 7) is 4.31. The molecule has 2 nitrogen and oxygen atoms in total. The Kier molecular flexibility index (Phi) is 3.49. The van der Waals surface area contributed by atoms with Crippen LogP contribution in [0.15, 0.2) is 29.3 Å². The van der Waals surface area contributed by atoms with Crippen LogP contribution < -0.4 is 5.32 Å². The lowest BCUT2D eigenvalue weighted by molar-refractivity contribution is 0.628. The van der Waals surface area contributed by atoms with Crippen LogP contribution >= 0.6 is 11.8 Å². The lowest BCUT2D eigenvalue weighted by Crippen LogP contribution is -2.22. The Morgan fingerprint density at radius 1 is 1.31 bits per heavy atom. The molecule has 1 aromatic carbocycles. The molecule has 1 aliphatic rings. The number of rotatable bonds is 1. The lowest BCUT2D eigenvalue weighted by Gasteiger charge is -2.22. The van der Waals surface area contributed by atoms with Gasteiger partial charge in [-0.15, -0.1) is 0 Å². The number of hydrogen-bond donors (Lipinski definition) is 1. The van der Waals surface area contributed by atoms with Crippen molar-refractivity contribution in [2.24, 2.45) is 4.99 Å². The van der Waals surface area contributed by atoms with Crippen LogP contribution in [0.4, 0.5) is 10.1 Å². The van der Waals surface area contributed by atoms with E-state index in [0.717, 1.165) is 17.3 Å². The Morgan fingerprint density at radius 2 is 2.00 bits per heavy atom. The Labute approximate surface area is 99.3 Å². The number of benzene rings is 1. The monoisotopic (exact) mass is 238 g/mol. The molecule has 1 heterocycles. The minimum absolute atomic E-state index is 0.217. The first-order valence-electron chi connectivity index (χ1n) is 5.40. The molecule has 0 saturated heterocycles. The number of aliphatic imine (C=N–C) groups is 1. The van der Waals surface area contributed by atoms with Crippen molar-refractivity contribution < 1.29 is 4.39 Å². The van der Waals surface area contributed by atoms with Crippen molar-refractivity contribution in [1.82, 2.24) is 0 Å². The van der Waals surface area contributed by atoms with Crippen LogP contribution in [0.5, 0.6) is 0 Å². The summed E-state index contributed by atoms with van der Waals surface area (Å²) in [6, 6.07) is 6.70. The van der Waals surface area contributed by atoms with Crippen LogP contribution in [-0.2, 0) is 0 Å². The highest BCUT2D eigenvalue weighted by molar-refractivity contribution is 8.14. The van der Waals surface area contributed by atoms with Gasteiger partial charge in [-0.3, -0.25) is 4.99 Å². The number of amidine groups is 1. The second kappa shape index (κ2) is 4.87. The summed E-state index contributed by atoms with van der Waals surface area (Å²) < 4.78 is 12.7. The van der Waals surface area contributed by atoms with E-state index < -0.39 is 0 Å². The molecule has 0 saturated carbocycles. The Bertz CT molecular complexity index is 389. The van der Waals surface area contributed by atoms with E-state index in [1.165, 1.54) is 12.1 Å². The maximum atomic E-state index is 12.7. The zero-order valence-electron chi connectivity index (χ0n) is 9.40. The van der Waals surface area contributed by atoms with Gasteiger partial charge in [0.05, 0.1) is 6.04 Å². The number of nitrogens with one attached hydrogen (secondary N) is 1. The quantitative estimate of drug-likeness (QED) is 0.809. The molecule has 1 N–H and O–H groups in total. The molecule has 0 spiro atoms. The SMILES string of the molecule is CC1CC(C)SC(Nc2ccc(F)cc2)=N1. The third kappa shape index (κ3) is 2.98. The van der Waals surface area contributed by atoms with Crippen LogP contribution in [-0.4, -0.2) is 16.5 Å². The van der Waals surface area contributed by atoms with Crippen molar-refractivity contribution in [1.29, 1.82) is 0 Å². The summed E-state index contributed by atoms with van der Waals surface area (Å²) in [5, 5.41) is 4.72. The Hall–Kier alpha value is -1.03. The van der Waals surface area contributed by atoms with Gasteiger partial charge in [0.2, 0.25) is 0 Å². The molecular formula is C12H15FN2S. The number of anilines is 1. The largest absolute Gasteiger partial charge is 0.335 e. The van der Waals surface area contributed by atoms with Crippen molar-refractivity contribution in [3.05, 3.63) is 30.1 Å². The average molecular weight is 238 g/mol. The summed E-state index contributed by atoms with van der Waals surface area (Å²) in [4.78, 5) is 4.53. The van der Waals surface area contributed by atoms with Crippen LogP contribution in [0.2, 0.25) is 0 Å².